The van der Waals surface area contributed by atoms with Crippen LogP contribution in [-0.4, -0.2) is 51.8 Å². The lowest BCUT2D eigenvalue weighted by Crippen LogP contribution is -2.44. The molecule has 2 aromatic rings. The van der Waals surface area contributed by atoms with Crippen LogP contribution in [0.25, 0.3) is 0 Å². The van der Waals surface area contributed by atoms with Crippen molar-refractivity contribution >= 4 is 19.9 Å². The van der Waals surface area contributed by atoms with Crippen molar-refractivity contribution in [2.45, 2.75) is 23.0 Å². The summed E-state index contributed by atoms with van der Waals surface area (Å²) in [6.45, 7) is 0.489. The first-order chi connectivity index (χ1) is 12.9. The molecule has 6 nitrogen and oxygen atoms in total. The van der Waals surface area contributed by atoms with Crippen LogP contribution in [0.5, 0.6) is 5.75 Å². The first-order valence-electron chi connectivity index (χ1n) is 8.84. The third kappa shape index (κ3) is 4.88. The quantitative estimate of drug-likeness (QED) is 0.701. The standard InChI is InChI=1S/C19H23NO5S2/c21-26(22,16-15-25-17-7-3-1-4-8-17)20-13-11-19(12-14-20)27(23,24)18-9-5-2-6-10-18/h1-10,19H,11-16H2. The Hall–Kier alpha value is -1.90. The molecule has 8 heteroatoms. The van der Waals surface area contributed by atoms with E-state index < -0.39 is 25.1 Å². The summed E-state index contributed by atoms with van der Waals surface area (Å²) in [7, 11) is -6.90. The second kappa shape index (κ2) is 8.41. The van der Waals surface area contributed by atoms with E-state index >= 15 is 0 Å². The van der Waals surface area contributed by atoms with E-state index in [9.17, 15) is 16.8 Å². The number of rotatable bonds is 7. The molecule has 0 amide bonds. The summed E-state index contributed by atoms with van der Waals surface area (Å²) < 4.78 is 57.2. The van der Waals surface area contributed by atoms with Crippen LogP contribution in [-0.2, 0) is 19.9 Å². The molecule has 0 aliphatic carbocycles. The topological polar surface area (TPSA) is 80.8 Å². The van der Waals surface area contributed by atoms with Crippen molar-refractivity contribution in [3.63, 3.8) is 0 Å². The first kappa shape index (κ1) is 19.9. The molecule has 3 rings (SSSR count). The van der Waals surface area contributed by atoms with Crippen LogP contribution in [0, 0.1) is 0 Å². The maximum Gasteiger partial charge on any atom is 0.217 e. The number of nitrogens with zero attached hydrogens (tertiary/aromatic N) is 1. The largest absolute Gasteiger partial charge is 0.492 e. The monoisotopic (exact) mass is 409 g/mol. The van der Waals surface area contributed by atoms with Gasteiger partial charge in [-0.05, 0) is 37.1 Å². The molecule has 1 aliphatic heterocycles. The van der Waals surface area contributed by atoms with Crippen molar-refractivity contribution in [2.24, 2.45) is 0 Å². The molecule has 0 spiro atoms. The van der Waals surface area contributed by atoms with Gasteiger partial charge in [0.1, 0.15) is 12.4 Å². The Morgan fingerprint density at radius 2 is 1.41 bits per heavy atom. The normalized spacial score (nSPS) is 16.9. The molecule has 1 saturated heterocycles. The van der Waals surface area contributed by atoms with Gasteiger partial charge in [-0.3, -0.25) is 0 Å². The van der Waals surface area contributed by atoms with Gasteiger partial charge in [0.15, 0.2) is 9.84 Å². The van der Waals surface area contributed by atoms with Crippen molar-refractivity contribution in [1.82, 2.24) is 4.31 Å². The Balaban J connectivity index is 1.55. The van der Waals surface area contributed by atoms with Gasteiger partial charge in [-0.2, -0.15) is 0 Å². The number of benzene rings is 2. The molecule has 1 aliphatic rings. The Kier molecular flexibility index (Phi) is 6.18. The maximum absolute atomic E-state index is 12.7. The Morgan fingerprint density at radius 3 is 2.00 bits per heavy atom. The third-order valence-electron chi connectivity index (χ3n) is 4.66. The van der Waals surface area contributed by atoms with Crippen molar-refractivity contribution in [1.29, 1.82) is 0 Å². The minimum absolute atomic E-state index is 0.0641. The van der Waals surface area contributed by atoms with E-state index in [0.29, 0.717) is 23.5 Å². The third-order valence-corrected chi connectivity index (χ3v) is 8.77. The van der Waals surface area contributed by atoms with Gasteiger partial charge in [0.05, 0.1) is 15.9 Å². The van der Waals surface area contributed by atoms with E-state index in [1.54, 1.807) is 42.5 Å². The van der Waals surface area contributed by atoms with Crippen molar-refractivity contribution in [2.75, 3.05) is 25.4 Å². The summed E-state index contributed by atoms with van der Waals surface area (Å²) in [5, 5.41) is -0.549. The molecule has 0 N–H and O–H groups in total. The van der Waals surface area contributed by atoms with Gasteiger partial charge in [-0.15, -0.1) is 0 Å². The zero-order valence-electron chi connectivity index (χ0n) is 14.9. The molecular formula is C19H23NO5S2. The molecule has 0 unspecified atom stereocenters. The van der Waals surface area contributed by atoms with Gasteiger partial charge in [-0.1, -0.05) is 36.4 Å². The number of piperidine rings is 1. The minimum atomic E-state index is -3.47. The van der Waals surface area contributed by atoms with Crippen molar-refractivity contribution in [3.05, 3.63) is 60.7 Å². The lowest BCUT2D eigenvalue weighted by Gasteiger charge is -2.31. The molecule has 0 saturated carbocycles. The molecule has 0 radical (unpaired) electrons. The van der Waals surface area contributed by atoms with Gasteiger partial charge >= 0.3 is 0 Å². The maximum atomic E-state index is 12.7. The van der Waals surface area contributed by atoms with Gasteiger partial charge in [0, 0.05) is 13.1 Å². The van der Waals surface area contributed by atoms with Gasteiger partial charge in [0.25, 0.3) is 0 Å². The van der Waals surface area contributed by atoms with Gasteiger partial charge in [0.2, 0.25) is 10.0 Å². The lowest BCUT2D eigenvalue weighted by molar-refractivity contribution is 0.321. The molecule has 0 bridgehead atoms. The molecule has 2 aromatic carbocycles. The summed E-state index contributed by atoms with van der Waals surface area (Å²) in [6, 6.07) is 17.4. The van der Waals surface area contributed by atoms with Gasteiger partial charge in [-0.25, -0.2) is 21.1 Å². The number of sulfone groups is 1. The van der Waals surface area contributed by atoms with E-state index in [1.165, 1.54) is 4.31 Å². The SMILES string of the molecule is O=S(=O)(c1ccccc1)C1CCN(S(=O)(=O)CCOc2ccccc2)CC1. The Morgan fingerprint density at radius 1 is 0.852 bits per heavy atom. The van der Waals surface area contributed by atoms with Crippen LogP contribution in [0.4, 0.5) is 0 Å². The van der Waals surface area contributed by atoms with Gasteiger partial charge < -0.3 is 4.74 Å². The zero-order chi connectivity index (χ0) is 19.3. The van der Waals surface area contributed by atoms with E-state index in [2.05, 4.69) is 0 Å². The second-order valence-electron chi connectivity index (χ2n) is 6.43. The molecule has 0 atom stereocenters. The number of sulfonamides is 1. The van der Waals surface area contributed by atoms with Crippen LogP contribution in [0.1, 0.15) is 12.8 Å². The highest BCUT2D eigenvalue weighted by atomic mass is 32.2. The second-order valence-corrected chi connectivity index (χ2v) is 10.8. The van der Waals surface area contributed by atoms with Crippen LogP contribution in [0.3, 0.4) is 0 Å². The summed E-state index contributed by atoms with van der Waals surface area (Å²) >= 11 is 0. The van der Waals surface area contributed by atoms with Crippen molar-refractivity contribution < 1.29 is 21.6 Å². The highest BCUT2D eigenvalue weighted by Gasteiger charge is 2.34. The van der Waals surface area contributed by atoms with Crippen molar-refractivity contribution in [3.8, 4) is 5.75 Å². The molecule has 1 heterocycles. The van der Waals surface area contributed by atoms with Crippen LogP contribution in [0.15, 0.2) is 65.6 Å². The Bertz CT molecular complexity index is 936. The predicted octanol–water partition coefficient (Wildman–Crippen LogP) is 2.33. The average molecular weight is 410 g/mol. The number of hydrogen-bond acceptors (Lipinski definition) is 5. The zero-order valence-corrected chi connectivity index (χ0v) is 16.5. The van der Waals surface area contributed by atoms with E-state index in [1.807, 2.05) is 18.2 Å². The van der Waals surface area contributed by atoms with E-state index in [0.717, 1.165) is 0 Å². The van der Waals surface area contributed by atoms with Crippen LogP contribution in [0.2, 0.25) is 0 Å². The fraction of sp³-hybridized carbons (Fsp3) is 0.368. The molecule has 1 fully saturated rings. The number of para-hydroxylation sites is 1. The van der Waals surface area contributed by atoms with E-state index in [4.69, 9.17) is 4.74 Å². The molecule has 0 aromatic heterocycles. The fourth-order valence-electron chi connectivity index (χ4n) is 3.13. The van der Waals surface area contributed by atoms with Crippen LogP contribution >= 0.6 is 0 Å². The molecule has 27 heavy (non-hydrogen) atoms. The fourth-order valence-corrected chi connectivity index (χ4v) is 6.21. The highest BCUT2D eigenvalue weighted by molar-refractivity contribution is 7.92. The predicted molar refractivity (Wildman–Crippen MR) is 104 cm³/mol. The van der Waals surface area contributed by atoms with E-state index in [-0.39, 0.29) is 25.4 Å². The summed E-state index contributed by atoms with van der Waals surface area (Å²) in [5.41, 5.74) is 0. The first-order valence-corrected chi connectivity index (χ1v) is 12.0. The highest BCUT2D eigenvalue weighted by Crippen LogP contribution is 2.25. The molecule has 146 valence electrons. The minimum Gasteiger partial charge on any atom is -0.492 e. The summed E-state index contributed by atoms with van der Waals surface area (Å²) in [4.78, 5) is 0.294. The number of ether oxygens (including phenoxy) is 1. The smallest absolute Gasteiger partial charge is 0.217 e. The Labute approximate surface area is 160 Å². The number of hydrogen-bond donors (Lipinski definition) is 0. The lowest BCUT2D eigenvalue weighted by atomic mass is 10.2. The van der Waals surface area contributed by atoms with Crippen LogP contribution < -0.4 is 4.74 Å². The summed E-state index contributed by atoms with van der Waals surface area (Å²) in [6.07, 6.45) is 0.603. The summed E-state index contributed by atoms with van der Waals surface area (Å²) in [5.74, 6) is 0.498. The average Bonchev–Trinajstić information content (AvgIpc) is 2.69. The molecular weight excluding hydrogens is 386 g/mol.